The molecule has 3 nitrogen and oxygen atoms in total. The fourth-order valence-corrected chi connectivity index (χ4v) is 2.03. The molecule has 3 heteroatoms. The highest BCUT2D eigenvalue weighted by Crippen LogP contribution is 2.10. The second-order valence-corrected chi connectivity index (χ2v) is 4.42. The van der Waals surface area contributed by atoms with E-state index in [1.807, 2.05) is 0 Å². The predicted molar refractivity (Wildman–Crippen MR) is 70.1 cm³/mol. The lowest BCUT2D eigenvalue weighted by Crippen LogP contribution is -2.19. The number of aryl methyl sites for hydroxylation is 2. The van der Waals surface area contributed by atoms with Crippen LogP contribution in [0.1, 0.15) is 16.7 Å². The van der Waals surface area contributed by atoms with Crippen molar-refractivity contribution in [2.45, 2.75) is 20.4 Å². The molecule has 0 saturated heterocycles. The van der Waals surface area contributed by atoms with Gasteiger partial charge in [-0.3, -0.25) is 4.79 Å². The average Bonchev–Trinajstić information content (AvgIpc) is 2.22. The molecule has 2 aromatic rings. The van der Waals surface area contributed by atoms with Crippen molar-refractivity contribution in [1.82, 2.24) is 4.57 Å². The Labute approximate surface area is 101 Å². The minimum Gasteiger partial charge on any atom is -0.398 e. The molecule has 2 N–H and O–H groups in total. The SMILES string of the molecule is Cc1cc(C)cc(Cn2cc(N)ccc2=O)c1. The van der Waals surface area contributed by atoms with E-state index in [1.165, 1.54) is 17.2 Å². The van der Waals surface area contributed by atoms with Gasteiger partial charge in [-0.1, -0.05) is 29.3 Å². The molecule has 1 heterocycles. The van der Waals surface area contributed by atoms with E-state index in [2.05, 4.69) is 32.0 Å². The number of hydrogen-bond acceptors (Lipinski definition) is 2. The Morgan fingerprint density at radius 3 is 2.41 bits per heavy atom. The van der Waals surface area contributed by atoms with Crippen LogP contribution in [0.4, 0.5) is 5.69 Å². The molecule has 0 fully saturated rings. The summed E-state index contributed by atoms with van der Waals surface area (Å²) >= 11 is 0. The largest absolute Gasteiger partial charge is 0.398 e. The van der Waals surface area contributed by atoms with E-state index in [0.29, 0.717) is 12.2 Å². The maximum Gasteiger partial charge on any atom is 0.250 e. The molecule has 1 aromatic heterocycles. The van der Waals surface area contributed by atoms with Gasteiger partial charge in [0.15, 0.2) is 0 Å². The lowest BCUT2D eigenvalue weighted by atomic mass is 10.1. The summed E-state index contributed by atoms with van der Waals surface area (Å²) in [7, 11) is 0. The smallest absolute Gasteiger partial charge is 0.250 e. The summed E-state index contributed by atoms with van der Waals surface area (Å²) in [5, 5.41) is 0. The van der Waals surface area contributed by atoms with Gasteiger partial charge in [0.05, 0.1) is 6.54 Å². The molecule has 88 valence electrons. The Kier molecular flexibility index (Phi) is 3.00. The minimum atomic E-state index is -0.0293. The number of hydrogen-bond donors (Lipinski definition) is 1. The van der Waals surface area contributed by atoms with E-state index in [4.69, 9.17) is 5.73 Å². The van der Waals surface area contributed by atoms with E-state index >= 15 is 0 Å². The number of rotatable bonds is 2. The molecule has 0 aliphatic heterocycles. The summed E-state index contributed by atoms with van der Waals surface area (Å²) in [6.07, 6.45) is 1.68. The molecule has 0 atom stereocenters. The van der Waals surface area contributed by atoms with Crippen LogP contribution < -0.4 is 11.3 Å². The first-order valence-electron chi connectivity index (χ1n) is 5.58. The van der Waals surface area contributed by atoms with Crippen LogP contribution in [0.2, 0.25) is 0 Å². The third kappa shape index (κ3) is 2.75. The molecule has 1 aromatic carbocycles. The van der Waals surface area contributed by atoms with Crippen molar-refractivity contribution in [3.05, 3.63) is 63.6 Å². The number of nitrogens with two attached hydrogens (primary N) is 1. The Balaban J connectivity index is 2.37. The van der Waals surface area contributed by atoms with Crippen molar-refractivity contribution in [2.75, 3.05) is 5.73 Å². The molecule has 0 amide bonds. The van der Waals surface area contributed by atoms with Gasteiger partial charge in [-0.25, -0.2) is 0 Å². The van der Waals surface area contributed by atoms with Crippen LogP contribution in [0.15, 0.2) is 41.3 Å². The molecule has 2 rings (SSSR count). The van der Waals surface area contributed by atoms with Crippen LogP contribution in [0.25, 0.3) is 0 Å². The summed E-state index contributed by atoms with van der Waals surface area (Å²) in [6, 6.07) is 9.41. The van der Waals surface area contributed by atoms with Crippen LogP contribution in [-0.2, 0) is 6.54 Å². The molecular formula is C14H16N2O. The Morgan fingerprint density at radius 1 is 1.12 bits per heavy atom. The predicted octanol–water partition coefficient (Wildman–Crippen LogP) is 2.10. The lowest BCUT2D eigenvalue weighted by molar-refractivity contribution is 0.760. The lowest BCUT2D eigenvalue weighted by Gasteiger charge is -2.08. The number of aromatic nitrogens is 1. The fraction of sp³-hybridized carbons (Fsp3) is 0.214. The molecule has 17 heavy (non-hydrogen) atoms. The van der Waals surface area contributed by atoms with Gasteiger partial charge in [-0.15, -0.1) is 0 Å². The van der Waals surface area contributed by atoms with Crippen LogP contribution >= 0.6 is 0 Å². The summed E-state index contributed by atoms with van der Waals surface area (Å²) in [5.41, 5.74) is 9.79. The van der Waals surface area contributed by atoms with Crippen molar-refractivity contribution in [3.8, 4) is 0 Å². The molecule has 0 unspecified atom stereocenters. The Bertz CT molecular complexity index is 579. The molecule has 0 spiro atoms. The molecule has 0 radical (unpaired) electrons. The highest BCUT2D eigenvalue weighted by Gasteiger charge is 2.00. The third-order valence-electron chi connectivity index (χ3n) is 2.64. The fourth-order valence-electron chi connectivity index (χ4n) is 2.03. The first-order chi connectivity index (χ1) is 8.04. The topological polar surface area (TPSA) is 48.0 Å². The van der Waals surface area contributed by atoms with Gasteiger partial charge in [0.1, 0.15) is 0 Å². The van der Waals surface area contributed by atoms with Crippen molar-refractivity contribution in [2.24, 2.45) is 0 Å². The zero-order valence-corrected chi connectivity index (χ0v) is 10.1. The average molecular weight is 228 g/mol. The normalized spacial score (nSPS) is 10.5. The van der Waals surface area contributed by atoms with Gasteiger partial charge >= 0.3 is 0 Å². The van der Waals surface area contributed by atoms with Crippen LogP contribution in [0.3, 0.4) is 0 Å². The van der Waals surface area contributed by atoms with E-state index in [-0.39, 0.29) is 5.56 Å². The van der Waals surface area contributed by atoms with E-state index in [1.54, 1.807) is 16.8 Å². The number of benzene rings is 1. The van der Waals surface area contributed by atoms with Crippen LogP contribution in [0, 0.1) is 13.8 Å². The number of anilines is 1. The number of pyridine rings is 1. The number of nitrogens with zero attached hydrogens (tertiary/aromatic N) is 1. The highest BCUT2D eigenvalue weighted by atomic mass is 16.1. The molecule has 0 aliphatic rings. The maximum atomic E-state index is 11.7. The van der Waals surface area contributed by atoms with Crippen molar-refractivity contribution in [3.63, 3.8) is 0 Å². The minimum absolute atomic E-state index is 0.0293. The monoisotopic (exact) mass is 228 g/mol. The molecular weight excluding hydrogens is 212 g/mol. The third-order valence-corrected chi connectivity index (χ3v) is 2.64. The summed E-state index contributed by atoms with van der Waals surface area (Å²) in [5.74, 6) is 0. The summed E-state index contributed by atoms with van der Waals surface area (Å²) in [6.45, 7) is 4.67. The quantitative estimate of drug-likeness (QED) is 0.855. The zero-order chi connectivity index (χ0) is 12.4. The number of nitrogen functional groups attached to an aromatic ring is 1. The molecule has 0 saturated carbocycles. The highest BCUT2D eigenvalue weighted by molar-refractivity contribution is 5.34. The second-order valence-electron chi connectivity index (χ2n) is 4.42. The van der Waals surface area contributed by atoms with Gasteiger partial charge in [-0.2, -0.15) is 0 Å². The van der Waals surface area contributed by atoms with Crippen LogP contribution in [0.5, 0.6) is 0 Å². The van der Waals surface area contributed by atoms with Crippen molar-refractivity contribution < 1.29 is 0 Å². The van der Waals surface area contributed by atoms with E-state index in [0.717, 1.165) is 5.56 Å². The van der Waals surface area contributed by atoms with Gasteiger partial charge in [-0.05, 0) is 25.5 Å². The van der Waals surface area contributed by atoms with Crippen LogP contribution in [-0.4, -0.2) is 4.57 Å². The van der Waals surface area contributed by atoms with Crippen molar-refractivity contribution >= 4 is 5.69 Å². The summed E-state index contributed by atoms with van der Waals surface area (Å²) < 4.78 is 1.63. The van der Waals surface area contributed by atoms with Gasteiger partial charge in [0.25, 0.3) is 5.56 Å². The first kappa shape index (κ1) is 11.5. The molecule has 0 aliphatic carbocycles. The zero-order valence-electron chi connectivity index (χ0n) is 10.1. The first-order valence-corrected chi connectivity index (χ1v) is 5.58. The van der Waals surface area contributed by atoms with Gasteiger partial charge in [0, 0.05) is 18.0 Å². The van der Waals surface area contributed by atoms with Gasteiger partial charge in [0.2, 0.25) is 0 Å². The maximum absolute atomic E-state index is 11.7. The second kappa shape index (κ2) is 4.45. The Morgan fingerprint density at radius 2 is 1.76 bits per heavy atom. The molecule has 0 bridgehead atoms. The van der Waals surface area contributed by atoms with E-state index in [9.17, 15) is 4.79 Å². The van der Waals surface area contributed by atoms with Crippen molar-refractivity contribution in [1.29, 1.82) is 0 Å². The van der Waals surface area contributed by atoms with E-state index < -0.39 is 0 Å². The summed E-state index contributed by atoms with van der Waals surface area (Å²) in [4.78, 5) is 11.7. The van der Waals surface area contributed by atoms with Gasteiger partial charge < -0.3 is 10.3 Å². The Hall–Kier alpha value is -2.03. The standard InChI is InChI=1S/C14H16N2O/c1-10-5-11(2)7-12(6-10)8-16-9-13(15)3-4-14(16)17/h3-7,9H,8,15H2,1-2H3.